The number of hydrogen-bond acceptors (Lipinski definition) is 3. The number of nitrogens with zero attached hydrogens (tertiary/aromatic N) is 3. The molecule has 1 heterocycles. The standard InChI is InChI=1S/C14H19BrN4/c1-10-5-6-13(12(15)7-10)19-9-11(17-18-19)8-16-14(2,3)4/h5-7,9,16H,8H2,1-4H3. The molecule has 102 valence electrons. The van der Waals surface area contributed by atoms with Crippen LogP contribution in [0.25, 0.3) is 5.69 Å². The molecule has 19 heavy (non-hydrogen) atoms. The molecule has 0 unspecified atom stereocenters. The Balaban J connectivity index is 2.16. The Morgan fingerprint density at radius 3 is 2.68 bits per heavy atom. The van der Waals surface area contributed by atoms with Crippen molar-refractivity contribution >= 4 is 15.9 Å². The lowest BCUT2D eigenvalue weighted by Crippen LogP contribution is -2.35. The largest absolute Gasteiger partial charge is 0.306 e. The highest BCUT2D eigenvalue weighted by molar-refractivity contribution is 9.10. The Labute approximate surface area is 122 Å². The molecule has 2 rings (SSSR count). The molecule has 0 saturated heterocycles. The van der Waals surface area contributed by atoms with Crippen LogP contribution in [0.5, 0.6) is 0 Å². The van der Waals surface area contributed by atoms with Crippen LogP contribution in [0.1, 0.15) is 32.0 Å². The first-order valence-electron chi connectivity index (χ1n) is 6.28. The van der Waals surface area contributed by atoms with Gasteiger partial charge in [0.15, 0.2) is 0 Å². The zero-order chi connectivity index (χ0) is 14.0. The Kier molecular flexibility index (Phi) is 4.06. The van der Waals surface area contributed by atoms with Gasteiger partial charge in [0.25, 0.3) is 0 Å². The second kappa shape index (κ2) is 5.43. The van der Waals surface area contributed by atoms with Crippen LogP contribution in [-0.4, -0.2) is 20.5 Å². The van der Waals surface area contributed by atoms with Gasteiger partial charge in [-0.05, 0) is 61.3 Å². The fourth-order valence-corrected chi connectivity index (χ4v) is 2.33. The third-order valence-electron chi connectivity index (χ3n) is 2.69. The van der Waals surface area contributed by atoms with E-state index >= 15 is 0 Å². The molecule has 0 amide bonds. The fraction of sp³-hybridized carbons (Fsp3) is 0.429. The summed E-state index contributed by atoms with van der Waals surface area (Å²) in [4.78, 5) is 0. The summed E-state index contributed by atoms with van der Waals surface area (Å²) < 4.78 is 2.82. The van der Waals surface area contributed by atoms with Gasteiger partial charge in [0, 0.05) is 16.6 Å². The van der Waals surface area contributed by atoms with Gasteiger partial charge in [-0.3, -0.25) is 0 Å². The van der Waals surface area contributed by atoms with E-state index in [2.05, 4.69) is 71.4 Å². The van der Waals surface area contributed by atoms with E-state index in [-0.39, 0.29) is 5.54 Å². The van der Waals surface area contributed by atoms with Gasteiger partial charge in [0.05, 0.1) is 17.6 Å². The number of rotatable bonds is 3. The molecule has 0 fully saturated rings. The molecule has 0 aliphatic rings. The lowest BCUT2D eigenvalue weighted by molar-refractivity contribution is 0.421. The van der Waals surface area contributed by atoms with E-state index in [9.17, 15) is 0 Å². The minimum Gasteiger partial charge on any atom is -0.306 e. The van der Waals surface area contributed by atoms with Crippen molar-refractivity contribution in [2.45, 2.75) is 39.8 Å². The Hall–Kier alpha value is -1.20. The van der Waals surface area contributed by atoms with E-state index in [1.54, 1.807) is 4.68 Å². The summed E-state index contributed by atoms with van der Waals surface area (Å²) in [6, 6.07) is 6.17. The van der Waals surface area contributed by atoms with E-state index in [4.69, 9.17) is 0 Å². The maximum absolute atomic E-state index is 4.19. The lowest BCUT2D eigenvalue weighted by atomic mass is 10.1. The van der Waals surface area contributed by atoms with Crippen molar-refractivity contribution in [3.8, 4) is 5.69 Å². The first-order chi connectivity index (χ1) is 8.85. The number of hydrogen-bond donors (Lipinski definition) is 1. The predicted molar refractivity (Wildman–Crippen MR) is 80.4 cm³/mol. The van der Waals surface area contributed by atoms with Crippen LogP contribution in [0, 0.1) is 6.92 Å². The molecule has 0 saturated carbocycles. The molecule has 5 heteroatoms. The molecule has 0 aliphatic heterocycles. The summed E-state index contributed by atoms with van der Waals surface area (Å²) in [6.07, 6.45) is 1.95. The first kappa shape index (κ1) is 14.2. The minimum absolute atomic E-state index is 0.0776. The Morgan fingerprint density at radius 2 is 2.05 bits per heavy atom. The molecule has 1 aromatic heterocycles. The van der Waals surface area contributed by atoms with E-state index in [0.29, 0.717) is 6.54 Å². The van der Waals surface area contributed by atoms with Gasteiger partial charge in [-0.25, -0.2) is 4.68 Å². The Morgan fingerprint density at radius 1 is 1.32 bits per heavy atom. The molecule has 0 atom stereocenters. The van der Waals surface area contributed by atoms with E-state index in [0.717, 1.165) is 15.9 Å². The highest BCUT2D eigenvalue weighted by Gasteiger charge is 2.11. The highest BCUT2D eigenvalue weighted by Crippen LogP contribution is 2.21. The quantitative estimate of drug-likeness (QED) is 0.943. The van der Waals surface area contributed by atoms with E-state index in [1.807, 2.05) is 12.3 Å². The van der Waals surface area contributed by atoms with Gasteiger partial charge in [-0.2, -0.15) is 0 Å². The summed E-state index contributed by atoms with van der Waals surface area (Å²) in [5.74, 6) is 0. The van der Waals surface area contributed by atoms with Gasteiger partial charge in [-0.15, -0.1) is 5.10 Å². The summed E-state index contributed by atoms with van der Waals surface area (Å²) in [6.45, 7) is 9.18. The van der Waals surface area contributed by atoms with Gasteiger partial charge in [-0.1, -0.05) is 11.3 Å². The minimum atomic E-state index is 0.0776. The maximum Gasteiger partial charge on any atom is 0.0969 e. The van der Waals surface area contributed by atoms with Crippen molar-refractivity contribution in [3.05, 3.63) is 40.1 Å². The molecular formula is C14H19BrN4. The van der Waals surface area contributed by atoms with Gasteiger partial charge >= 0.3 is 0 Å². The summed E-state index contributed by atoms with van der Waals surface area (Å²) >= 11 is 3.56. The SMILES string of the molecule is Cc1ccc(-n2cc(CNC(C)(C)C)nn2)c(Br)c1. The molecule has 0 spiro atoms. The molecule has 0 aliphatic carbocycles. The third kappa shape index (κ3) is 3.88. The van der Waals surface area contributed by atoms with Gasteiger partial charge < -0.3 is 5.32 Å². The van der Waals surface area contributed by atoms with E-state index < -0.39 is 0 Å². The average Bonchev–Trinajstić information content (AvgIpc) is 2.74. The zero-order valence-corrected chi connectivity index (χ0v) is 13.3. The van der Waals surface area contributed by atoms with Crippen LogP contribution in [-0.2, 0) is 6.54 Å². The third-order valence-corrected chi connectivity index (χ3v) is 3.33. The fourth-order valence-electron chi connectivity index (χ4n) is 1.65. The van der Waals surface area contributed by atoms with Crippen LogP contribution in [0.15, 0.2) is 28.9 Å². The van der Waals surface area contributed by atoms with Crippen LogP contribution < -0.4 is 5.32 Å². The maximum atomic E-state index is 4.19. The predicted octanol–water partition coefficient (Wildman–Crippen LogP) is 3.23. The van der Waals surface area contributed by atoms with Crippen LogP contribution in [0.4, 0.5) is 0 Å². The highest BCUT2D eigenvalue weighted by atomic mass is 79.9. The Bertz CT molecular complexity index is 569. The molecule has 2 aromatic rings. The number of benzene rings is 1. The molecule has 0 bridgehead atoms. The van der Waals surface area contributed by atoms with Crippen molar-refractivity contribution in [1.82, 2.24) is 20.3 Å². The van der Waals surface area contributed by atoms with Crippen molar-refractivity contribution in [3.63, 3.8) is 0 Å². The van der Waals surface area contributed by atoms with Crippen molar-refractivity contribution in [2.24, 2.45) is 0 Å². The molecule has 4 nitrogen and oxygen atoms in total. The normalized spacial score (nSPS) is 11.8. The average molecular weight is 323 g/mol. The molecule has 0 radical (unpaired) electrons. The molecule has 1 aromatic carbocycles. The summed E-state index contributed by atoms with van der Waals surface area (Å²) in [7, 11) is 0. The van der Waals surface area contributed by atoms with Crippen LogP contribution >= 0.6 is 15.9 Å². The second-order valence-electron chi connectivity index (χ2n) is 5.71. The number of nitrogens with one attached hydrogen (secondary N) is 1. The number of aryl methyl sites for hydroxylation is 1. The summed E-state index contributed by atoms with van der Waals surface area (Å²) in [5.41, 5.74) is 3.22. The number of halogens is 1. The van der Waals surface area contributed by atoms with Gasteiger partial charge in [0.1, 0.15) is 0 Å². The van der Waals surface area contributed by atoms with Crippen molar-refractivity contribution in [1.29, 1.82) is 0 Å². The monoisotopic (exact) mass is 322 g/mol. The topological polar surface area (TPSA) is 42.7 Å². The molecular weight excluding hydrogens is 304 g/mol. The van der Waals surface area contributed by atoms with Crippen molar-refractivity contribution < 1.29 is 0 Å². The van der Waals surface area contributed by atoms with Gasteiger partial charge in [0.2, 0.25) is 0 Å². The lowest BCUT2D eigenvalue weighted by Gasteiger charge is -2.19. The van der Waals surface area contributed by atoms with Crippen LogP contribution in [0.3, 0.4) is 0 Å². The second-order valence-corrected chi connectivity index (χ2v) is 6.57. The first-order valence-corrected chi connectivity index (χ1v) is 7.07. The number of aromatic nitrogens is 3. The smallest absolute Gasteiger partial charge is 0.0969 e. The van der Waals surface area contributed by atoms with Crippen LogP contribution in [0.2, 0.25) is 0 Å². The summed E-state index contributed by atoms with van der Waals surface area (Å²) in [5, 5.41) is 11.8. The van der Waals surface area contributed by atoms with Crippen molar-refractivity contribution in [2.75, 3.05) is 0 Å². The van der Waals surface area contributed by atoms with E-state index in [1.165, 1.54) is 5.56 Å². The molecule has 1 N–H and O–H groups in total. The zero-order valence-electron chi connectivity index (χ0n) is 11.7.